The van der Waals surface area contributed by atoms with E-state index in [-0.39, 0.29) is 0 Å². The fourth-order valence-corrected chi connectivity index (χ4v) is 3.34. The van der Waals surface area contributed by atoms with Gasteiger partial charge in [-0.2, -0.15) is 0 Å². The summed E-state index contributed by atoms with van der Waals surface area (Å²) in [5.41, 5.74) is 5.29. The zero-order chi connectivity index (χ0) is 21.0. The van der Waals surface area contributed by atoms with Gasteiger partial charge in [0.1, 0.15) is 5.75 Å². The summed E-state index contributed by atoms with van der Waals surface area (Å²) in [6, 6.07) is 28.5. The lowest BCUT2D eigenvalue weighted by molar-refractivity contribution is 0.0734. The maximum Gasteiger partial charge on any atom is 0.345 e. The van der Waals surface area contributed by atoms with Gasteiger partial charge in [-0.05, 0) is 24.3 Å². The molecule has 0 N–H and O–H groups in total. The molecular formula is C26H17N3O2. The van der Waals surface area contributed by atoms with Crippen molar-refractivity contribution in [1.82, 2.24) is 15.0 Å². The highest BCUT2D eigenvalue weighted by Gasteiger charge is 2.14. The highest BCUT2D eigenvalue weighted by molar-refractivity contribution is 5.92. The van der Waals surface area contributed by atoms with Crippen LogP contribution in [0.1, 0.15) is 10.4 Å². The Hall–Kier alpha value is -4.38. The van der Waals surface area contributed by atoms with E-state index in [4.69, 9.17) is 14.7 Å². The van der Waals surface area contributed by atoms with Crippen molar-refractivity contribution in [2.45, 2.75) is 0 Å². The van der Waals surface area contributed by atoms with Crippen molar-refractivity contribution < 1.29 is 9.53 Å². The Morgan fingerprint density at radius 2 is 1.32 bits per heavy atom. The van der Waals surface area contributed by atoms with Crippen molar-refractivity contribution in [1.29, 1.82) is 0 Å². The van der Waals surface area contributed by atoms with Crippen LogP contribution in [-0.4, -0.2) is 20.9 Å². The number of benzene rings is 3. The average molecular weight is 403 g/mol. The van der Waals surface area contributed by atoms with Crippen LogP contribution in [0, 0.1) is 0 Å². The number of ether oxygens (including phenoxy) is 1. The van der Waals surface area contributed by atoms with Gasteiger partial charge in [0.2, 0.25) is 0 Å². The Kier molecular flexibility index (Phi) is 4.91. The van der Waals surface area contributed by atoms with Crippen LogP contribution in [0.25, 0.3) is 33.5 Å². The highest BCUT2D eigenvalue weighted by Crippen LogP contribution is 2.31. The van der Waals surface area contributed by atoms with E-state index in [0.29, 0.717) is 16.8 Å². The Morgan fingerprint density at radius 1 is 0.677 bits per heavy atom. The first-order valence-corrected chi connectivity index (χ1v) is 9.83. The molecule has 5 rings (SSSR count). The van der Waals surface area contributed by atoms with Crippen LogP contribution in [0.5, 0.6) is 5.75 Å². The summed E-state index contributed by atoms with van der Waals surface area (Å²) in [4.78, 5) is 26.1. The SMILES string of the molecule is O=C(Oc1ccc2nc(-c3ccccc3)c(-c3ccccc3)nc2c1)c1cccnc1. The lowest BCUT2D eigenvalue weighted by atomic mass is 10.0. The van der Waals surface area contributed by atoms with Gasteiger partial charge in [-0.3, -0.25) is 4.98 Å². The summed E-state index contributed by atoms with van der Waals surface area (Å²) in [6.45, 7) is 0. The third-order valence-electron chi connectivity index (χ3n) is 4.84. The standard InChI is InChI=1S/C26H17N3O2/c30-26(20-12-7-15-27-17-20)31-21-13-14-22-23(16-21)29-25(19-10-5-2-6-11-19)24(28-22)18-8-3-1-4-9-18/h1-17H. The largest absolute Gasteiger partial charge is 0.423 e. The van der Waals surface area contributed by atoms with E-state index in [1.807, 2.05) is 66.7 Å². The van der Waals surface area contributed by atoms with Gasteiger partial charge in [0.05, 0.1) is 28.0 Å². The number of carbonyl (C=O) groups excluding carboxylic acids is 1. The number of fused-ring (bicyclic) bond motifs is 1. The molecule has 5 aromatic rings. The molecule has 2 heterocycles. The number of esters is 1. The predicted molar refractivity (Wildman–Crippen MR) is 120 cm³/mol. The first kappa shape index (κ1) is 18.6. The maximum atomic E-state index is 12.4. The number of hydrogen-bond acceptors (Lipinski definition) is 5. The smallest absolute Gasteiger partial charge is 0.345 e. The topological polar surface area (TPSA) is 65.0 Å². The van der Waals surface area contributed by atoms with Gasteiger partial charge in [-0.15, -0.1) is 0 Å². The lowest BCUT2D eigenvalue weighted by Crippen LogP contribution is -2.08. The molecule has 0 radical (unpaired) electrons. The van der Waals surface area contributed by atoms with Gasteiger partial charge in [0.15, 0.2) is 0 Å². The van der Waals surface area contributed by atoms with Crippen molar-refractivity contribution in [3.05, 3.63) is 109 Å². The van der Waals surface area contributed by atoms with Crippen LogP contribution in [-0.2, 0) is 0 Å². The van der Waals surface area contributed by atoms with Gasteiger partial charge < -0.3 is 4.74 Å². The Balaban J connectivity index is 1.60. The molecular weight excluding hydrogens is 386 g/mol. The average Bonchev–Trinajstić information content (AvgIpc) is 2.85. The fraction of sp³-hybridized carbons (Fsp3) is 0. The molecule has 5 nitrogen and oxygen atoms in total. The Labute approximate surface area is 179 Å². The monoisotopic (exact) mass is 403 g/mol. The van der Waals surface area contributed by atoms with E-state index >= 15 is 0 Å². The number of aromatic nitrogens is 3. The van der Waals surface area contributed by atoms with E-state index in [0.717, 1.165) is 28.0 Å². The molecule has 31 heavy (non-hydrogen) atoms. The van der Waals surface area contributed by atoms with Crippen molar-refractivity contribution >= 4 is 17.0 Å². The normalized spacial score (nSPS) is 10.7. The molecule has 2 aromatic heterocycles. The quantitative estimate of drug-likeness (QED) is 0.290. The molecule has 0 aliphatic heterocycles. The molecule has 0 bridgehead atoms. The van der Waals surface area contributed by atoms with Crippen LogP contribution < -0.4 is 4.74 Å². The van der Waals surface area contributed by atoms with Crippen LogP contribution in [0.2, 0.25) is 0 Å². The number of rotatable bonds is 4. The number of nitrogens with zero attached hydrogens (tertiary/aromatic N) is 3. The minimum atomic E-state index is -0.468. The summed E-state index contributed by atoms with van der Waals surface area (Å²) in [6.07, 6.45) is 3.08. The van der Waals surface area contributed by atoms with Gasteiger partial charge in [-0.25, -0.2) is 14.8 Å². The summed E-state index contributed by atoms with van der Waals surface area (Å²) < 4.78 is 5.52. The second kappa shape index (κ2) is 8.16. The van der Waals surface area contributed by atoms with Gasteiger partial charge >= 0.3 is 5.97 Å². The molecule has 0 atom stereocenters. The summed E-state index contributed by atoms with van der Waals surface area (Å²) >= 11 is 0. The zero-order valence-electron chi connectivity index (χ0n) is 16.5. The molecule has 0 unspecified atom stereocenters. The molecule has 148 valence electrons. The first-order valence-electron chi connectivity index (χ1n) is 9.83. The van der Waals surface area contributed by atoms with Gasteiger partial charge in [0, 0.05) is 29.6 Å². The van der Waals surface area contributed by atoms with Crippen molar-refractivity contribution in [2.75, 3.05) is 0 Å². The third-order valence-corrected chi connectivity index (χ3v) is 4.84. The van der Waals surface area contributed by atoms with E-state index < -0.39 is 5.97 Å². The highest BCUT2D eigenvalue weighted by atomic mass is 16.5. The summed E-state index contributed by atoms with van der Waals surface area (Å²) in [5.74, 6) is -0.0632. The first-order chi connectivity index (χ1) is 15.3. The van der Waals surface area contributed by atoms with Gasteiger partial charge in [-0.1, -0.05) is 60.7 Å². The molecule has 5 heteroatoms. The number of hydrogen-bond donors (Lipinski definition) is 0. The minimum Gasteiger partial charge on any atom is -0.423 e. The third kappa shape index (κ3) is 3.89. The van der Waals surface area contributed by atoms with Crippen molar-refractivity contribution in [3.63, 3.8) is 0 Å². The second-order valence-electron chi connectivity index (χ2n) is 6.93. The molecule has 0 spiro atoms. The van der Waals surface area contributed by atoms with E-state index in [1.165, 1.54) is 6.20 Å². The Morgan fingerprint density at radius 3 is 1.94 bits per heavy atom. The lowest BCUT2D eigenvalue weighted by Gasteiger charge is -2.11. The fourth-order valence-electron chi connectivity index (χ4n) is 3.34. The summed E-state index contributed by atoms with van der Waals surface area (Å²) in [7, 11) is 0. The van der Waals surface area contributed by atoms with Gasteiger partial charge in [0.25, 0.3) is 0 Å². The van der Waals surface area contributed by atoms with Crippen molar-refractivity contribution in [3.8, 4) is 28.3 Å². The van der Waals surface area contributed by atoms with E-state index in [1.54, 1.807) is 30.5 Å². The molecule has 0 fully saturated rings. The second-order valence-corrected chi connectivity index (χ2v) is 6.93. The molecule has 0 saturated heterocycles. The number of pyridine rings is 1. The zero-order valence-corrected chi connectivity index (χ0v) is 16.5. The molecule has 0 saturated carbocycles. The number of carbonyl (C=O) groups is 1. The van der Waals surface area contributed by atoms with E-state index in [2.05, 4.69) is 4.98 Å². The summed E-state index contributed by atoms with van der Waals surface area (Å²) in [5, 5.41) is 0. The maximum absolute atomic E-state index is 12.4. The van der Waals surface area contributed by atoms with Crippen molar-refractivity contribution in [2.24, 2.45) is 0 Å². The predicted octanol–water partition coefficient (Wildman–Crippen LogP) is 5.58. The minimum absolute atomic E-state index is 0.387. The Bertz CT molecular complexity index is 1360. The molecule has 3 aromatic carbocycles. The molecule has 0 aliphatic rings. The van der Waals surface area contributed by atoms with E-state index in [9.17, 15) is 4.79 Å². The van der Waals surface area contributed by atoms with Crippen LogP contribution in [0.4, 0.5) is 0 Å². The van der Waals surface area contributed by atoms with Crippen LogP contribution in [0.3, 0.4) is 0 Å². The molecule has 0 amide bonds. The molecule has 0 aliphatic carbocycles. The van der Waals surface area contributed by atoms with Crippen LogP contribution >= 0.6 is 0 Å². The van der Waals surface area contributed by atoms with Crippen LogP contribution in [0.15, 0.2) is 103 Å².